The van der Waals surface area contributed by atoms with Crippen LogP contribution in [0.3, 0.4) is 0 Å². The summed E-state index contributed by atoms with van der Waals surface area (Å²) in [6.45, 7) is 11.0. The first-order valence-corrected chi connectivity index (χ1v) is 15.7. The number of alkyl halides is 3. The molecule has 2 saturated heterocycles. The van der Waals surface area contributed by atoms with Crippen molar-refractivity contribution in [2.75, 3.05) is 13.1 Å². The number of rotatable bonds is 2. The molecule has 2 saturated carbocycles. The third-order valence-electron chi connectivity index (χ3n) is 12.1. The van der Waals surface area contributed by atoms with Gasteiger partial charge in [-0.25, -0.2) is 4.79 Å². The lowest BCUT2D eigenvalue weighted by Crippen LogP contribution is -2.57. The highest BCUT2D eigenvalue weighted by atomic mass is 19.4. The molecule has 4 aliphatic carbocycles. The number of nitrogens with one attached hydrogen (secondary N) is 1. The van der Waals surface area contributed by atoms with Gasteiger partial charge in [0, 0.05) is 25.4 Å². The Labute approximate surface area is 241 Å². The number of hydrogen-bond donors (Lipinski definition) is 1. The van der Waals surface area contributed by atoms with Crippen LogP contribution in [0.5, 0.6) is 0 Å². The fourth-order valence-electron chi connectivity index (χ4n) is 10.1. The molecule has 10 atom stereocenters. The molecule has 0 aromatic heterocycles. The van der Waals surface area contributed by atoms with Gasteiger partial charge in [0.05, 0.1) is 17.7 Å². The summed E-state index contributed by atoms with van der Waals surface area (Å²) < 4.78 is 53.4. The van der Waals surface area contributed by atoms with Gasteiger partial charge in [0.15, 0.2) is 0 Å². The van der Waals surface area contributed by atoms with Gasteiger partial charge in [-0.05, 0) is 93.5 Å². The Hall–Kier alpha value is -2.03. The van der Waals surface area contributed by atoms with Crippen molar-refractivity contribution in [3.63, 3.8) is 0 Å². The second-order valence-electron chi connectivity index (χ2n) is 14.1. The summed E-state index contributed by atoms with van der Waals surface area (Å²) in [5, 5.41) is 2.74. The Morgan fingerprint density at radius 2 is 1.95 bits per heavy atom. The number of ether oxygens (including phenoxy) is 2. The highest BCUT2D eigenvalue weighted by Gasteiger charge is 2.63. The van der Waals surface area contributed by atoms with Gasteiger partial charge in [-0.15, -0.1) is 0 Å². The lowest BCUT2D eigenvalue weighted by Gasteiger charge is -2.49. The van der Waals surface area contributed by atoms with E-state index in [1.807, 2.05) is 20.8 Å². The second-order valence-corrected chi connectivity index (χ2v) is 14.1. The maximum Gasteiger partial charge on any atom is 0.471 e. The van der Waals surface area contributed by atoms with Crippen molar-refractivity contribution in [2.24, 2.45) is 35.0 Å². The van der Waals surface area contributed by atoms with Crippen molar-refractivity contribution in [3.05, 3.63) is 22.8 Å². The number of piperidine rings is 1. The van der Waals surface area contributed by atoms with Crippen molar-refractivity contribution in [2.45, 2.75) is 116 Å². The van der Waals surface area contributed by atoms with Crippen LogP contribution in [0.2, 0.25) is 0 Å². The standard InChI is InChI=1S/C32H45F3N2O4/c1-6-36-29(39)40-21-9-11-30(5)20(14-21)7-8-23-22-10-12-31(18(3)24(22)15-25(23)30)19(4)27-26(41-31)13-17(2)16-37(27)28(38)32(33,34)35/h7,17,19,21-23,25-27H,6,8-16H2,1-5H3,(H,36,39)/t17-,19+,21-,22-,23-,25?,26+,27-,30-,31-/m0/s1. The molecule has 0 aromatic carbocycles. The van der Waals surface area contributed by atoms with Crippen LogP contribution in [-0.4, -0.2) is 60.0 Å². The predicted molar refractivity (Wildman–Crippen MR) is 148 cm³/mol. The SMILES string of the molecule is CCNC(=O)O[C@H]1CC[C@@]2(C)C(=CC[C@@H]3C2CC2=C(C)[C@]4(CC[C@H]23)O[C@@H]2C[C@H](C)CN(C(=O)C(F)(F)F)[C@H]2[C@H]4C)C1. The smallest absolute Gasteiger partial charge is 0.446 e. The van der Waals surface area contributed by atoms with Gasteiger partial charge < -0.3 is 19.7 Å². The number of amides is 2. The normalized spacial score (nSPS) is 43.6. The molecule has 6 nitrogen and oxygen atoms in total. The minimum atomic E-state index is -4.88. The van der Waals surface area contributed by atoms with E-state index < -0.39 is 23.7 Å². The average Bonchev–Trinajstić information content (AvgIpc) is 3.42. The van der Waals surface area contributed by atoms with E-state index in [-0.39, 0.29) is 42.1 Å². The van der Waals surface area contributed by atoms with Gasteiger partial charge in [-0.1, -0.05) is 38.0 Å². The maximum atomic E-state index is 13.6. The fourth-order valence-corrected chi connectivity index (χ4v) is 10.1. The average molecular weight is 579 g/mol. The topological polar surface area (TPSA) is 67.9 Å². The van der Waals surface area contributed by atoms with Crippen LogP contribution in [0.15, 0.2) is 22.8 Å². The number of carbonyl (C=O) groups is 2. The van der Waals surface area contributed by atoms with E-state index in [9.17, 15) is 22.8 Å². The Morgan fingerprint density at radius 3 is 2.66 bits per heavy atom. The quantitative estimate of drug-likeness (QED) is 0.377. The number of nitrogens with zero attached hydrogens (tertiary/aromatic N) is 1. The van der Waals surface area contributed by atoms with Gasteiger partial charge in [-0.3, -0.25) is 4.79 Å². The molecule has 0 aromatic rings. The minimum absolute atomic E-state index is 0.0415. The largest absolute Gasteiger partial charge is 0.471 e. The first-order chi connectivity index (χ1) is 19.3. The molecule has 0 radical (unpaired) electrons. The maximum absolute atomic E-state index is 13.6. The summed E-state index contributed by atoms with van der Waals surface area (Å²) in [6, 6.07) is -0.554. The van der Waals surface area contributed by atoms with E-state index in [0.29, 0.717) is 30.7 Å². The zero-order chi connectivity index (χ0) is 29.5. The van der Waals surface area contributed by atoms with E-state index in [1.54, 1.807) is 0 Å². The van der Waals surface area contributed by atoms with Crippen LogP contribution >= 0.6 is 0 Å². The van der Waals surface area contributed by atoms with E-state index in [0.717, 1.165) is 49.8 Å². The molecule has 1 unspecified atom stereocenters. The Kier molecular flexibility index (Phi) is 7.10. The van der Waals surface area contributed by atoms with E-state index in [4.69, 9.17) is 9.47 Å². The summed E-state index contributed by atoms with van der Waals surface area (Å²) in [4.78, 5) is 25.7. The molecule has 9 heteroatoms. The lowest BCUT2D eigenvalue weighted by atomic mass is 9.56. The Balaban J connectivity index is 1.26. The van der Waals surface area contributed by atoms with Crippen LogP contribution in [0.1, 0.15) is 86.0 Å². The Bertz CT molecular complexity index is 1170. The molecule has 6 rings (SSSR count). The van der Waals surface area contributed by atoms with Crippen LogP contribution in [0.4, 0.5) is 18.0 Å². The Morgan fingerprint density at radius 1 is 1.20 bits per heavy atom. The zero-order valence-electron chi connectivity index (χ0n) is 25.0. The second kappa shape index (κ2) is 10.0. The predicted octanol–water partition coefficient (Wildman–Crippen LogP) is 6.56. The summed E-state index contributed by atoms with van der Waals surface area (Å²) in [6.07, 6.45) is 3.81. The van der Waals surface area contributed by atoms with Crippen LogP contribution < -0.4 is 5.32 Å². The third-order valence-corrected chi connectivity index (χ3v) is 12.1. The molecule has 1 spiro atoms. The molecule has 2 aliphatic heterocycles. The van der Waals surface area contributed by atoms with Gasteiger partial charge in [-0.2, -0.15) is 13.2 Å². The van der Waals surface area contributed by atoms with Crippen LogP contribution in [-0.2, 0) is 14.3 Å². The third kappa shape index (κ3) is 4.46. The van der Waals surface area contributed by atoms with E-state index >= 15 is 0 Å². The molecular weight excluding hydrogens is 533 g/mol. The molecule has 41 heavy (non-hydrogen) atoms. The van der Waals surface area contributed by atoms with Crippen molar-refractivity contribution in [1.29, 1.82) is 0 Å². The molecule has 228 valence electrons. The van der Waals surface area contributed by atoms with Crippen molar-refractivity contribution in [1.82, 2.24) is 10.2 Å². The van der Waals surface area contributed by atoms with Crippen molar-refractivity contribution in [3.8, 4) is 0 Å². The summed E-state index contributed by atoms with van der Waals surface area (Å²) in [7, 11) is 0. The number of likely N-dealkylation sites (tertiary alicyclic amines) is 1. The van der Waals surface area contributed by atoms with Crippen LogP contribution in [0, 0.1) is 35.0 Å². The first kappa shape index (κ1) is 29.1. The number of alkyl carbamates (subject to hydrolysis) is 1. The van der Waals surface area contributed by atoms with Gasteiger partial charge in [0.2, 0.25) is 0 Å². The number of halogens is 3. The zero-order valence-corrected chi connectivity index (χ0v) is 25.0. The monoisotopic (exact) mass is 578 g/mol. The highest BCUT2D eigenvalue weighted by molar-refractivity contribution is 5.82. The highest BCUT2D eigenvalue weighted by Crippen LogP contribution is 2.65. The van der Waals surface area contributed by atoms with E-state index in [2.05, 4.69) is 25.2 Å². The van der Waals surface area contributed by atoms with Crippen molar-refractivity contribution < 1.29 is 32.2 Å². The van der Waals surface area contributed by atoms with Crippen LogP contribution in [0.25, 0.3) is 0 Å². The van der Waals surface area contributed by atoms with Crippen molar-refractivity contribution >= 4 is 12.0 Å². The minimum Gasteiger partial charge on any atom is -0.446 e. The first-order valence-electron chi connectivity index (χ1n) is 15.7. The summed E-state index contributed by atoms with van der Waals surface area (Å²) >= 11 is 0. The van der Waals surface area contributed by atoms with Gasteiger partial charge >= 0.3 is 18.2 Å². The molecule has 4 fully saturated rings. The molecule has 0 bridgehead atoms. The number of allylic oxidation sites excluding steroid dienone is 2. The molecular formula is C32H45F3N2O4. The number of carbonyl (C=O) groups excluding carboxylic acids is 2. The fraction of sp³-hybridized carbons (Fsp3) is 0.812. The molecule has 6 aliphatic rings. The molecule has 2 heterocycles. The summed E-state index contributed by atoms with van der Waals surface area (Å²) in [5.41, 5.74) is 3.53. The molecule has 1 N–H and O–H groups in total. The number of fused-ring (bicyclic) bond motifs is 6. The molecule has 2 amide bonds. The number of hydrogen-bond acceptors (Lipinski definition) is 4. The van der Waals surface area contributed by atoms with E-state index in [1.165, 1.54) is 16.7 Å². The van der Waals surface area contributed by atoms with Gasteiger partial charge in [0.25, 0.3) is 0 Å². The summed E-state index contributed by atoms with van der Waals surface area (Å²) in [5.74, 6) is -0.450. The lowest BCUT2D eigenvalue weighted by molar-refractivity contribution is -0.192. The van der Waals surface area contributed by atoms with Gasteiger partial charge in [0.1, 0.15) is 6.10 Å².